The van der Waals surface area contributed by atoms with E-state index in [4.69, 9.17) is 4.42 Å². The summed E-state index contributed by atoms with van der Waals surface area (Å²) >= 11 is 0. The number of para-hydroxylation sites is 1. The van der Waals surface area contributed by atoms with Crippen molar-refractivity contribution >= 4 is 33.7 Å². The van der Waals surface area contributed by atoms with E-state index in [1.54, 1.807) is 12.5 Å². The molecule has 27 heavy (non-hydrogen) atoms. The fourth-order valence-electron chi connectivity index (χ4n) is 3.87. The molecule has 0 unspecified atom stereocenters. The van der Waals surface area contributed by atoms with E-state index < -0.39 is 0 Å². The molecule has 4 aromatic rings. The quantitative estimate of drug-likeness (QED) is 0.555. The lowest BCUT2D eigenvalue weighted by atomic mass is 10.0. The van der Waals surface area contributed by atoms with Gasteiger partial charge in [-0.2, -0.15) is 5.10 Å². The molecule has 1 aliphatic heterocycles. The van der Waals surface area contributed by atoms with Gasteiger partial charge < -0.3 is 14.2 Å². The van der Waals surface area contributed by atoms with Crippen molar-refractivity contribution in [3.8, 4) is 0 Å². The van der Waals surface area contributed by atoms with Crippen LogP contribution in [0.1, 0.15) is 12.8 Å². The predicted octanol–water partition coefficient (Wildman–Crippen LogP) is 3.27. The van der Waals surface area contributed by atoms with Gasteiger partial charge in [-0.05, 0) is 37.1 Å². The first-order valence-electron chi connectivity index (χ1n) is 9.19. The fourth-order valence-corrected chi connectivity index (χ4v) is 3.87. The number of fused-ring (bicyclic) bond motifs is 3. The maximum atomic E-state index is 6.09. The fraction of sp³-hybridized carbons (Fsp3) is 0.300. The van der Waals surface area contributed by atoms with Crippen LogP contribution in [-0.4, -0.2) is 46.3 Å². The normalized spacial score (nSPS) is 15.5. The maximum Gasteiger partial charge on any atom is 0.196 e. The molecule has 0 bridgehead atoms. The molecule has 136 valence electrons. The number of rotatable bonds is 3. The summed E-state index contributed by atoms with van der Waals surface area (Å²) in [5.41, 5.74) is 2.51. The topological polar surface area (TPSA) is 71.2 Å². The largest absolute Gasteiger partial charge is 0.450 e. The molecule has 1 saturated heterocycles. The lowest BCUT2D eigenvalue weighted by Crippen LogP contribution is -2.44. The van der Waals surface area contributed by atoms with Crippen LogP contribution >= 0.6 is 0 Å². The first kappa shape index (κ1) is 16.0. The Hall–Kier alpha value is -3.22. The molecule has 7 nitrogen and oxygen atoms in total. The number of hydrogen-bond donors (Lipinski definition) is 0. The minimum atomic E-state index is 0.436. The molecule has 1 fully saturated rings. The van der Waals surface area contributed by atoms with Crippen LogP contribution in [0.4, 0.5) is 11.6 Å². The van der Waals surface area contributed by atoms with Gasteiger partial charge in [-0.25, -0.2) is 9.97 Å². The third-order valence-corrected chi connectivity index (χ3v) is 5.37. The van der Waals surface area contributed by atoms with Crippen LogP contribution in [0.3, 0.4) is 0 Å². The number of nitrogens with zero attached hydrogens (tertiary/aromatic N) is 6. The monoisotopic (exact) mass is 360 g/mol. The van der Waals surface area contributed by atoms with Gasteiger partial charge in [0.1, 0.15) is 17.4 Å². The summed E-state index contributed by atoms with van der Waals surface area (Å²) in [5.74, 6) is 1.80. The molecule has 0 spiro atoms. The van der Waals surface area contributed by atoms with Gasteiger partial charge in [0.2, 0.25) is 0 Å². The van der Waals surface area contributed by atoms with E-state index in [1.165, 1.54) is 0 Å². The molecule has 0 N–H and O–H groups in total. The lowest BCUT2D eigenvalue weighted by Gasteiger charge is -2.37. The molecule has 0 saturated carbocycles. The Morgan fingerprint density at radius 1 is 1.07 bits per heavy atom. The Bertz CT molecular complexity index is 1070. The highest BCUT2D eigenvalue weighted by Gasteiger charge is 2.26. The number of piperidine rings is 1. The number of furan rings is 1. The van der Waals surface area contributed by atoms with Crippen LogP contribution in [0.25, 0.3) is 22.1 Å². The van der Waals surface area contributed by atoms with E-state index in [2.05, 4.69) is 37.0 Å². The summed E-state index contributed by atoms with van der Waals surface area (Å²) < 4.78 is 6.09. The van der Waals surface area contributed by atoms with E-state index in [-0.39, 0.29) is 0 Å². The summed E-state index contributed by atoms with van der Waals surface area (Å²) in [4.78, 5) is 13.5. The number of anilines is 2. The van der Waals surface area contributed by atoms with Crippen molar-refractivity contribution in [3.05, 3.63) is 48.9 Å². The molecular formula is C20H20N6O. The van der Waals surface area contributed by atoms with E-state index in [0.717, 1.165) is 59.6 Å². The van der Waals surface area contributed by atoms with Gasteiger partial charge in [-0.3, -0.25) is 0 Å². The second-order valence-corrected chi connectivity index (χ2v) is 6.88. The highest BCUT2D eigenvalue weighted by molar-refractivity contribution is 6.05. The Kier molecular flexibility index (Phi) is 3.85. The van der Waals surface area contributed by atoms with Crippen LogP contribution in [0.5, 0.6) is 0 Å². The third kappa shape index (κ3) is 2.75. The summed E-state index contributed by atoms with van der Waals surface area (Å²) in [6, 6.07) is 12.4. The molecule has 0 amide bonds. The van der Waals surface area contributed by atoms with E-state index in [1.807, 2.05) is 36.4 Å². The highest BCUT2D eigenvalue weighted by atomic mass is 16.3. The minimum Gasteiger partial charge on any atom is -0.450 e. The van der Waals surface area contributed by atoms with Gasteiger partial charge >= 0.3 is 0 Å². The van der Waals surface area contributed by atoms with Crippen LogP contribution in [0.15, 0.2) is 53.3 Å². The van der Waals surface area contributed by atoms with Crippen molar-refractivity contribution in [2.45, 2.75) is 18.9 Å². The number of hydrogen-bond acceptors (Lipinski definition) is 7. The average molecular weight is 360 g/mol. The molecule has 0 atom stereocenters. The predicted molar refractivity (Wildman–Crippen MR) is 105 cm³/mol. The minimum absolute atomic E-state index is 0.436. The maximum absolute atomic E-state index is 6.09. The second kappa shape index (κ2) is 6.50. The van der Waals surface area contributed by atoms with Gasteiger partial charge in [0.05, 0.1) is 0 Å². The SMILES string of the molecule is CN(c1cccnn1)C1CCN(c2ncnc3c2oc2ccccc23)CC1. The van der Waals surface area contributed by atoms with Crippen molar-refractivity contribution in [2.75, 3.05) is 29.9 Å². The van der Waals surface area contributed by atoms with Crippen LogP contribution in [0.2, 0.25) is 0 Å². The Morgan fingerprint density at radius 3 is 2.74 bits per heavy atom. The third-order valence-electron chi connectivity index (χ3n) is 5.37. The molecule has 7 heteroatoms. The Morgan fingerprint density at radius 2 is 1.93 bits per heavy atom. The van der Waals surface area contributed by atoms with Gasteiger partial charge in [-0.15, -0.1) is 5.10 Å². The molecule has 5 rings (SSSR count). The zero-order valence-electron chi connectivity index (χ0n) is 15.1. The van der Waals surface area contributed by atoms with Gasteiger partial charge in [0, 0.05) is 37.8 Å². The van der Waals surface area contributed by atoms with Gasteiger partial charge in [0.25, 0.3) is 0 Å². The van der Waals surface area contributed by atoms with Crippen LogP contribution in [0, 0.1) is 0 Å². The summed E-state index contributed by atoms with van der Waals surface area (Å²) in [6.07, 6.45) is 5.39. The zero-order valence-corrected chi connectivity index (χ0v) is 15.1. The standard InChI is InChI=1S/C20H20N6O/c1-25(17-7-4-10-23-24-17)14-8-11-26(12-9-14)20-19-18(21-13-22-20)15-5-2-3-6-16(15)27-19/h2-7,10,13-14H,8-9,11-12H2,1H3. The first-order chi connectivity index (χ1) is 13.3. The van der Waals surface area contributed by atoms with Gasteiger partial charge in [-0.1, -0.05) is 12.1 Å². The van der Waals surface area contributed by atoms with E-state index >= 15 is 0 Å². The number of benzene rings is 1. The zero-order chi connectivity index (χ0) is 18.2. The summed E-state index contributed by atoms with van der Waals surface area (Å²) in [5, 5.41) is 9.25. The molecular weight excluding hydrogens is 340 g/mol. The lowest BCUT2D eigenvalue weighted by molar-refractivity contribution is 0.476. The Balaban J connectivity index is 1.40. The van der Waals surface area contributed by atoms with Gasteiger partial charge in [0.15, 0.2) is 17.2 Å². The van der Waals surface area contributed by atoms with E-state index in [9.17, 15) is 0 Å². The van der Waals surface area contributed by atoms with Crippen LogP contribution < -0.4 is 9.80 Å². The Labute approximate surface area is 156 Å². The average Bonchev–Trinajstić information content (AvgIpc) is 3.13. The molecule has 3 aromatic heterocycles. The molecule has 1 aromatic carbocycles. The highest BCUT2D eigenvalue weighted by Crippen LogP contribution is 2.33. The van der Waals surface area contributed by atoms with Crippen LogP contribution in [-0.2, 0) is 0 Å². The first-order valence-corrected chi connectivity index (χ1v) is 9.19. The van der Waals surface area contributed by atoms with Crippen molar-refractivity contribution < 1.29 is 4.42 Å². The van der Waals surface area contributed by atoms with Crippen molar-refractivity contribution in [2.24, 2.45) is 0 Å². The van der Waals surface area contributed by atoms with Crippen molar-refractivity contribution in [1.82, 2.24) is 20.2 Å². The summed E-state index contributed by atoms with van der Waals surface area (Å²) in [7, 11) is 2.09. The van der Waals surface area contributed by atoms with Crippen molar-refractivity contribution in [1.29, 1.82) is 0 Å². The summed E-state index contributed by atoms with van der Waals surface area (Å²) in [6.45, 7) is 1.83. The van der Waals surface area contributed by atoms with E-state index in [0.29, 0.717) is 6.04 Å². The molecule has 0 radical (unpaired) electrons. The molecule has 4 heterocycles. The van der Waals surface area contributed by atoms with Crippen molar-refractivity contribution in [3.63, 3.8) is 0 Å². The molecule has 0 aliphatic carbocycles. The molecule has 1 aliphatic rings. The second-order valence-electron chi connectivity index (χ2n) is 6.88. The number of aromatic nitrogens is 4. The smallest absolute Gasteiger partial charge is 0.196 e.